The van der Waals surface area contributed by atoms with Crippen molar-refractivity contribution in [1.82, 2.24) is 0 Å². The minimum Gasteiger partial charge on any atom is -0.309 e. The predicted octanol–water partition coefficient (Wildman–Crippen LogP) is 13.9. The Kier molecular flexibility index (Phi) is 7.36. The molecule has 50 heavy (non-hydrogen) atoms. The van der Waals surface area contributed by atoms with Gasteiger partial charge in [-0.2, -0.15) is 0 Å². The molecular weight excluding hydrogens is 603 g/mol. The van der Waals surface area contributed by atoms with Crippen molar-refractivity contribution >= 4 is 38.6 Å². The molecule has 240 valence electrons. The molecule has 1 aliphatic carbocycles. The topological polar surface area (TPSA) is 3.24 Å². The van der Waals surface area contributed by atoms with Crippen LogP contribution in [0.4, 0.5) is 17.1 Å². The SMILES string of the molecule is CCC1(CC)c2ccccc2-c2c1cc1ccccc1c2N(c1ccccc1)c1ccc(-c2ccccc2-c2ccc3ccccc3c2)cc1. The monoisotopic (exact) mass is 641 g/mol. The molecule has 8 aromatic rings. The van der Waals surface area contributed by atoms with Crippen molar-refractivity contribution in [2.75, 3.05) is 4.90 Å². The molecule has 9 rings (SSSR count). The summed E-state index contributed by atoms with van der Waals surface area (Å²) in [6, 6.07) is 64.8. The van der Waals surface area contributed by atoms with Crippen LogP contribution in [0.2, 0.25) is 0 Å². The van der Waals surface area contributed by atoms with E-state index in [4.69, 9.17) is 0 Å². The summed E-state index contributed by atoms with van der Waals surface area (Å²) in [7, 11) is 0. The Morgan fingerprint density at radius 3 is 1.72 bits per heavy atom. The van der Waals surface area contributed by atoms with E-state index < -0.39 is 0 Å². The normalized spacial score (nSPS) is 12.9. The first kappa shape index (κ1) is 30.2. The number of hydrogen-bond acceptors (Lipinski definition) is 1. The van der Waals surface area contributed by atoms with Crippen LogP contribution in [0.25, 0.3) is 54.9 Å². The van der Waals surface area contributed by atoms with Crippen LogP contribution in [0, 0.1) is 0 Å². The fourth-order valence-corrected chi connectivity index (χ4v) is 8.60. The average molecular weight is 642 g/mol. The maximum atomic E-state index is 2.50. The van der Waals surface area contributed by atoms with Crippen LogP contribution >= 0.6 is 0 Å². The van der Waals surface area contributed by atoms with Gasteiger partial charge in [0.2, 0.25) is 0 Å². The fourth-order valence-electron chi connectivity index (χ4n) is 8.60. The molecule has 0 spiro atoms. The quantitative estimate of drug-likeness (QED) is 0.167. The largest absolute Gasteiger partial charge is 0.309 e. The number of rotatable bonds is 7. The lowest BCUT2D eigenvalue weighted by Crippen LogP contribution is -2.23. The van der Waals surface area contributed by atoms with Gasteiger partial charge >= 0.3 is 0 Å². The van der Waals surface area contributed by atoms with E-state index >= 15 is 0 Å². The van der Waals surface area contributed by atoms with E-state index in [0.717, 1.165) is 24.2 Å². The lowest BCUT2D eigenvalue weighted by atomic mass is 9.73. The van der Waals surface area contributed by atoms with E-state index in [9.17, 15) is 0 Å². The molecule has 0 bridgehead atoms. The number of hydrogen-bond donors (Lipinski definition) is 0. The molecule has 0 atom stereocenters. The molecule has 0 aromatic heterocycles. The Labute approximate surface area is 295 Å². The van der Waals surface area contributed by atoms with Gasteiger partial charge in [0, 0.05) is 27.7 Å². The number of anilines is 3. The van der Waals surface area contributed by atoms with Crippen LogP contribution < -0.4 is 4.90 Å². The average Bonchev–Trinajstić information content (AvgIpc) is 3.47. The van der Waals surface area contributed by atoms with Crippen molar-refractivity contribution in [3.05, 3.63) is 187 Å². The van der Waals surface area contributed by atoms with E-state index in [2.05, 4.69) is 195 Å². The molecule has 1 heteroatoms. The van der Waals surface area contributed by atoms with Gasteiger partial charge in [0.25, 0.3) is 0 Å². The fraction of sp³-hybridized carbons (Fsp3) is 0.102. The first-order valence-corrected chi connectivity index (χ1v) is 17.9. The molecule has 0 N–H and O–H groups in total. The van der Waals surface area contributed by atoms with Gasteiger partial charge in [0.05, 0.1) is 5.69 Å². The highest BCUT2D eigenvalue weighted by Crippen LogP contribution is 2.59. The van der Waals surface area contributed by atoms with Gasteiger partial charge in [-0.1, -0.05) is 153 Å². The Morgan fingerprint density at radius 1 is 0.420 bits per heavy atom. The van der Waals surface area contributed by atoms with Gasteiger partial charge in [0.15, 0.2) is 0 Å². The molecule has 1 aliphatic rings. The third-order valence-corrected chi connectivity index (χ3v) is 11.1. The molecule has 0 fully saturated rings. The van der Waals surface area contributed by atoms with Crippen LogP contribution in [0.1, 0.15) is 37.8 Å². The predicted molar refractivity (Wildman–Crippen MR) is 214 cm³/mol. The van der Waals surface area contributed by atoms with E-state index in [-0.39, 0.29) is 5.41 Å². The summed E-state index contributed by atoms with van der Waals surface area (Å²) in [6.07, 6.45) is 2.11. The number of fused-ring (bicyclic) bond motifs is 5. The first-order valence-electron chi connectivity index (χ1n) is 17.9. The molecular formula is C49H39N. The molecule has 0 saturated heterocycles. The van der Waals surface area contributed by atoms with Gasteiger partial charge in [-0.25, -0.2) is 0 Å². The zero-order valence-electron chi connectivity index (χ0n) is 28.6. The number of benzene rings is 8. The molecule has 0 radical (unpaired) electrons. The Balaban J connectivity index is 1.25. The Hall–Kier alpha value is -5.92. The lowest BCUT2D eigenvalue weighted by molar-refractivity contribution is 0.491. The van der Waals surface area contributed by atoms with Crippen LogP contribution in [0.5, 0.6) is 0 Å². The molecule has 0 aliphatic heterocycles. The van der Waals surface area contributed by atoms with Crippen molar-refractivity contribution in [1.29, 1.82) is 0 Å². The molecule has 0 saturated carbocycles. The second kappa shape index (κ2) is 12.2. The standard InChI is InChI=1S/C49H39N/c1-3-49(4-2)45-25-15-14-24-44(45)47-46(49)33-37-18-10-11-23-43(37)48(47)50(39-19-6-5-7-20-39)40-30-28-35(29-31-40)41-21-12-13-22-42(41)38-27-26-34-16-8-9-17-36(34)32-38/h5-33H,3-4H2,1-2H3. The van der Waals surface area contributed by atoms with E-state index in [0.29, 0.717) is 0 Å². The number of nitrogens with zero attached hydrogens (tertiary/aromatic N) is 1. The van der Waals surface area contributed by atoms with Crippen molar-refractivity contribution in [3.63, 3.8) is 0 Å². The summed E-state index contributed by atoms with van der Waals surface area (Å²) in [5.41, 5.74) is 14.0. The van der Waals surface area contributed by atoms with Crippen LogP contribution in [0.15, 0.2) is 176 Å². The van der Waals surface area contributed by atoms with Gasteiger partial charge in [-0.15, -0.1) is 0 Å². The summed E-state index contributed by atoms with van der Waals surface area (Å²) < 4.78 is 0. The van der Waals surface area contributed by atoms with Crippen LogP contribution in [-0.4, -0.2) is 0 Å². The van der Waals surface area contributed by atoms with Crippen molar-refractivity contribution in [2.24, 2.45) is 0 Å². The minimum atomic E-state index is -0.0244. The Bertz CT molecular complexity index is 2500. The van der Waals surface area contributed by atoms with Crippen molar-refractivity contribution in [2.45, 2.75) is 32.1 Å². The maximum Gasteiger partial charge on any atom is 0.0621 e. The molecule has 1 nitrogen and oxygen atoms in total. The van der Waals surface area contributed by atoms with E-state index in [1.165, 1.54) is 71.7 Å². The first-order chi connectivity index (χ1) is 24.7. The molecule has 0 heterocycles. The zero-order valence-corrected chi connectivity index (χ0v) is 28.6. The summed E-state index contributed by atoms with van der Waals surface area (Å²) in [5.74, 6) is 0. The van der Waals surface area contributed by atoms with Crippen molar-refractivity contribution in [3.8, 4) is 33.4 Å². The molecule has 0 unspecified atom stereocenters. The Morgan fingerprint density at radius 2 is 0.980 bits per heavy atom. The highest BCUT2D eigenvalue weighted by molar-refractivity contribution is 6.10. The molecule has 8 aromatic carbocycles. The van der Waals surface area contributed by atoms with E-state index in [1.54, 1.807) is 0 Å². The highest BCUT2D eigenvalue weighted by Gasteiger charge is 2.43. The zero-order chi connectivity index (χ0) is 33.7. The smallest absolute Gasteiger partial charge is 0.0621 e. The van der Waals surface area contributed by atoms with Gasteiger partial charge < -0.3 is 4.90 Å². The van der Waals surface area contributed by atoms with Crippen molar-refractivity contribution < 1.29 is 0 Å². The van der Waals surface area contributed by atoms with Gasteiger partial charge in [-0.05, 0) is 104 Å². The van der Waals surface area contributed by atoms with Crippen LogP contribution in [0.3, 0.4) is 0 Å². The lowest BCUT2D eigenvalue weighted by Gasteiger charge is -2.32. The van der Waals surface area contributed by atoms with E-state index in [1.807, 2.05) is 0 Å². The van der Waals surface area contributed by atoms with Gasteiger partial charge in [0.1, 0.15) is 0 Å². The van der Waals surface area contributed by atoms with Gasteiger partial charge in [-0.3, -0.25) is 0 Å². The second-order valence-electron chi connectivity index (χ2n) is 13.5. The minimum absolute atomic E-state index is 0.0244. The third kappa shape index (κ3) is 4.69. The second-order valence-corrected chi connectivity index (χ2v) is 13.5. The maximum absolute atomic E-state index is 2.50. The summed E-state index contributed by atoms with van der Waals surface area (Å²) in [5, 5.41) is 5.06. The molecule has 0 amide bonds. The third-order valence-electron chi connectivity index (χ3n) is 11.1. The summed E-state index contributed by atoms with van der Waals surface area (Å²) in [4.78, 5) is 2.50. The highest BCUT2D eigenvalue weighted by atomic mass is 15.1. The number of para-hydroxylation sites is 1. The summed E-state index contributed by atoms with van der Waals surface area (Å²) in [6.45, 7) is 4.71. The summed E-state index contributed by atoms with van der Waals surface area (Å²) >= 11 is 0. The van der Waals surface area contributed by atoms with Crippen LogP contribution in [-0.2, 0) is 5.41 Å².